The summed E-state index contributed by atoms with van der Waals surface area (Å²) in [5.41, 5.74) is -0.483. The van der Waals surface area contributed by atoms with Gasteiger partial charge >= 0.3 is 0 Å². The first-order valence-corrected chi connectivity index (χ1v) is 8.05. The molecular weight excluding hydrogens is 345 g/mol. The van der Waals surface area contributed by atoms with Crippen LogP contribution in [0, 0.1) is 17.5 Å². The Morgan fingerprint density at radius 3 is 2.25 bits per heavy atom. The molecule has 0 heterocycles. The minimum absolute atomic E-state index is 0.194. The van der Waals surface area contributed by atoms with E-state index in [0.717, 1.165) is 34.6 Å². The van der Waals surface area contributed by atoms with Gasteiger partial charge in [-0.05, 0) is 30.3 Å². The molecule has 0 aliphatic carbocycles. The number of carbonyl (C=O) groups excluding carboxylic acids is 1. The minimum Gasteiger partial charge on any atom is -0.319 e. The molecule has 5 nitrogen and oxygen atoms in total. The van der Waals surface area contributed by atoms with Crippen molar-refractivity contribution in [2.75, 3.05) is 19.4 Å². The molecule has 0 aliphatic heterocycles. The standard InChI is InChI=1S/C15H13F3N2O3S/c1-20(2)24(22,23)14-7-9(3-5-11(14)17)15(21)19-13-6-4-10(16)8-12(13)18/h3-8H,1-2H3,(H,19,21). The average molecular weight is 358 g/mol. The third kappa shape index (κ3) is 3.57. The van der Waals surface area contributed by atoms with Crippen molar-refractivity contribution in [3.8, 4) is 0 Å². The zero-order valence-corrected chi connectivity index (χ0v) is 13.5. The number of rotatable bonds is 4. The maximum absolute atomic E-state index is 13.8. The molecule has 0 atom stereocenters. The van der Waals surface area contributed by atoms with Crippen molar-refractivity contribution in [1.29, 1.82) is 0 Å². The maximum Gasteiger partial charge on any atom is 0.255 e. The van der Waals surface area contributed by atoms with Crippen LogP contribution in [0.1, 0.15) is 10.4 Å². The smallest absolute Gasteiger partial charge is 0.255 e. The molecule has 128 valence electrons. The summed E-state index contributed by atoms with van der Waals surface area (Å²) in [5, 5.41) is 2.17. The van der Waals surface area contributed by atoms with Crippen molar-refractivity contribution in [3.63, 3.8) is 0 Å². The number of hydrogen-bond donors (Lipinski definition) is 1. The lowest BCUT2D eigenvalue weighted by molar-refractivity contribution is 0.102. The molecule has 0 unspecified atom stereocenters. The van der Waals surface area contributed by atoms with Gasteiger partial charge in [-0.15, -0.1) is 0 Å². The Bertz CT molecular complexity index is 899. The summed E-state index contributed by atoms with van der Waals surface area (Å²) in [4.78, 5) is 11.4. The maximum atomic E-state index is 13.8. The number of hydrogen-bond acceptors (Lipinski definition) is 3. The SMILES string of the molecule is CN(C)S(=O)(=O)c1cc(C(=O)Nc2ccc(F)cc2F)ccc1F. The molecule has 1 N–H and O–H groups in total. The second-order valence-electron chi connectivity index (χ2n) is 5.01. The highest BCUT2D eigenvalue weighted by atomic mass is 32.2. The Morgan fingerprint density at radius 1 is 1.00 bits per heavy atom. The summed E-state index contributed by atoms with van der Waals surface area (Å²) in [7, 11) is -1.66. The van der Waals surface area contributed by atoms with Gasteiger partial charge in [-0.25, -0.2) is 25.9 Å². The van der Waals surface area contributed by atoms with Crippen molar-refractivity contribution >= 4 is 21.6 Å². The first-order valence-electron chi connectivity index (χ1n) is 6.61. The van der Waals surface area contributed by atoms with Crippen LogP contribution in [-0.2, 0) is 10.0 Å². The molecular formula is C15H13F3N2O3S. The van der Waals surface area contributed by atoms with Crippen LogP contribution in [-0.4, -0.2) is 32.7 Å². The lowest BCUT2D eigenvalue weighted by atomic mass is 10.2. The van der Waals surface area contributed by atoms with Crippen LogP contribution in [0.2, 0.25) is 0 Å². The van der Waals surface area contributed by atoms with E-state index in [4.69, 9.17) is 0 Å². The summed E-state index contributed by atoms with van der Waals surface area (Å²) in [6, 6.07) is 5.28. The van der Waals surface area contributed by atoms with Crippen LogP contribution < -0.4 is 5.32 Å². The number of nitrogens with zero attached hydrogens (tertiary/aromatic N) is 1. The lowest BCUT2D eigenvalue weighted by Crippen LogP contribution is -2.24. The molecule has 2 rings (SSSR count). The van der Waals surface area contributed by atoms with Crippen LogP contribution in [0.3, 0.4) is 0 Å². The molecule has 0 saturated heterocycles. The quantitative estimate of drug-likeness (QED) is 0.914. The van der Waals surface area contributed by atoms with Crippen LogP contribution in [0.4, 0.5) is 18.9 Å². The Morgan fingerprint density at radius 2 is 1.67 bits per heavy atom. The van der Waals surface area contributed by atoms with Crippen molar-refractivity contribution in [2.24, 2.45) is 0 Å². The fraction of sp³-hybridized carbons (Fsp3) is 0.133. The number of anilines is 1. The molecule has 0 spiro atoms. The summed E-state index contributed by atoms with van der Waals surface area (Å²) < 4.78 is 65.0. The van der Waals surface area contributed by atoms with Crippen LogP contribution in [0.15, 0.2) is 41.3 Å². The van der Waals surface area contributed by atoms with E-state index in [1.165, 1.54) is 14.1 Å². The van der Waals surface area contributed by atoms with E-state index in [0.29, 0.717) is 6.07 Å². The number of carbonyl (C=O) groups is 1. The van der Waals surface area contributed by atoms with Crippen molar-refractivity contribution in [2.45, 2.75) is 4.90 Å². The Hall–Kier alpha value is -2.39. The molecule has 2 aromatic rings. The van der Waals surface area contributed by atoms with E-state index >= 15 is 0 Å². The zero-order chi connectivity index (χ0) is 18.1. The largest absolute Gasteiger partial charge is 0.319 e. The average Bonchev–Trinajstić information content (AvgIpc) is 2.50. The Balaban J connectivity index is 2.37. The van der Waals surface area contributed by atoms with Gasteiger partial charge in [0.15, 0.2) is 0 Å². The second kappa shape index (κ2) is 6.62. The van der Waals surface area contributed by atoms with Crippen molar-refractivity contribution in [1.82, 2.24) is 4.31 Å². The summed E-state index contributed by atoms with van der Waals surface area (Å²) in [6.45, 7) is 0. The van der Waals surface area contributed by atoms with Gasteiger partial charge in [0.25, 0.3) is 5.91 Å². The number of amides is 1. The highest BCUT2D eigenvalue weighted by molar-refractivity contribution is 7.89. The molecule has 9 heteroatoms. The summed E-state index contributed by atoms with van der Waals surface area (Å²) in [5.74, 6) is -3.69. The van der Waals surface area contributed by atoms with E-state index in [1.54, 1.807) is 0 Å². The van der Waals surface area contributed by atoms with Gasteiger partial charge in [0, 0.05) is 25.7 Å². The van der Waals surface area contributed by atoms with E-state index in [9.17, 15) is 26.4 Å². The molecule has 24 heavy (non-hydrogen) atoms. The van der Waals surface area contributed by atoms with E-state index in [2.05, 4.69) is 5.32 Å². The molecule has 0 bridgehead atoms. The number of nitrogens with one attached hydrogen (secondary N) is 1. The van der Waals surface area contributed by atoms with Crippen molar-refractivity contribution in [3.05, 3.63) is 59.4 Å². The van der Waals surface area contributed by atoms with Gasteiger partial charge in [-0.1, -0.05) is 0 Å². The van der Waals surface area contributed by atoms with E-state index in [1.807, 2.05) is 0 Å². The van der Waals surface area contributed by atoms with Crippen LogP contribution in [0.5, 0.6) is 0 Å². The topological polar surface area (TPSA) is 66.5 Å². The molecule has 0 radical (unpaired) electrons. The van der Waals surface area contributed by atoms with E-state index < -0.39 is 38.3 Å². The third-order valence-electron chi connectivity index (χ3n) is 3.13. The molecule has 0 aromatic heterocycles. The third-order valence-corrected chi connectivity index (χ3v) is 4.96. The molecule has 0 saturated carbocycles. The van der Waals surface area contributed by atoms with Gasteiger partial charge in [-0.3, -0.25) is 4.79 Å². The van der Waals surface area contributed by atoms with Gasteiger partial charge in [0.1, 0.15) is 22.3 Å². The van der Waals surface area contributed by atoms with E-state index in [-0.39, 0.29) is 11.3 Å². The van der Waals surface area contributed by atoms with Gasteiger partial charge in [0.05, 0.1) is 5.69 Å². The zero-order valence-electron chi connectivity index (χ0n) is 12.7. The predicted octanol–water partition coefficient (Wildman–Crippen LogP) is 2.61. The molecule has 0 fully saturated rings. The highest BCUT2D eigenvalue weighted by Crippen LogP contribution is 2.21. The van der Waals surface area contributed by atoms with Crippen molar-refractivity contribution < 1.29 is 26.4 Å². The normalized spacial score (nSPS) is 11.6. The Labute approximate surface area is 136 Å². The molecule has 2 aromatic carbocycles. The van der Waals surface area contributed by atoms with Gasteiger partial charge in [0.2, 0.25) is 10.0 Å². The fourth-order valence-corrected chi connectivity index (χ4v) is 2.81. The summed E-state index contributed by atoms with van der Waals surface area (Å²) in [6.07, 6.45) is 0. The number of halogens is 3. The van der Waals surface area contributed by atoms with Crippen LogP contribution in [0.25, 0.3) is 0 Å². The summed E-state index contributed by atoms with van der Waals surface area (Å²) >= 11 is 0. The molecule has 1 amide bonds. The van der Waals surface area contributed by atoms with Gasteiger partial charge in [-0.2, -0.15) is 0 Å². The minimum atomic E-state index is -4.10. The monoisotopic (exact) mass is 358 g/mol. The lowest BCUT2D eigenvalue weighted by Gasteiger charge is -2.13. The second-order valence-corrected chi connectivity index (χ2v) is 7.13. The Kier molecular flexibility index (Phi) is 4.95. The first kappa shape index (κ1) is 18.0. The number of sulfonamides is 1. The number of benzene rings is 2. The highest BCUT2D eigenvalue weighted by Gasteiger charge is 2.23. The predicted molar refractivity (Wildman–Crippen MR) is 81.6 cm³/mol. The van der Waals surface area contributed by atoms with Gasteiger partial charge < -0.3 is 5.32 Å². The fourth-order valence-electron chi connectivity index (χ4n) is 1.82. The molecule has 0 aliphatic rings. The van der Waals surface area contributed by atoms with Crippen LogP contribution >= 0.6 is 0 Å². The first-order chi connectivity index (χ1) is 11.1.